The van der Waals surface area contributed by atoms with Gasteiger partial charge in [0.1, 0.15) is 0 Å². The van der Waals surface area contributed by atoms with Crippen LogP contribution in [0.1, 0.15) is 19.4 Å². The van der Waals surface area contributed by atoms with Crippen LogP contribution in [0.4, 0.5) is 23.7 Å². The van der Waals surface area contributed by atoms with E-state index in [1.165, 1.54) is 25.2 Å². The summed E-state index contributed by atoms with van der Waals surface area (Å²) in [6.45, 7) is 2.61. The summed E-state index contributed by atoms with van der Waals surface area (Å²) in [7, 11) is 1.29. The second kappa shape index (κ2) is 6.64. The number of carbonyl (C=O) groups excluding carboxylic acids is 1. The molecule has 132 valence electrons. The van der Waals surface area contributed by atoms with Gasteiger partial charge in [-0.15, -0.1) is 0 Å². The molecular weight excluding hydrogens is 345 g/mol. The topological polar surface area (TPSA) is 41.6 Å². The van der Waals surface area contributed by atoms with Gasteiger partial charge in [0.05, 0.1) is 13.2 Å². The molecule has 1 aliphatic rings. The van der Waals surface area contributed by atoms with Gasteiger partial charge in [0, 0.05) is 23.3 Å². The van der Waals surface area contributed by atoms with Crippen LogP contribution < -0.4 is 5.32 Å². The van der Waals surface area contributed by atoms with Crippen LogP contribution in [-0.4, -0.2) is 37.3 Å². The van der Waals surface area contributed by atoms with Crippen LogP contribution in [-0.2, 0) is 10.3 Å². The van der Waals surface area contributed by atoms with Gasteiger partial charge in [-0.05, 0) is 32.0 Å². The lowest BCUT2D eigenvalue weighted by atomic mass is 9.91. The SMILES string of the molecule is CC(C)=CCO[C@@]1(C(F)(F)F)CN(C)C(=O)Nc2ccc(Cl)cc21. The quantitative estimate of drug-likeness (QED) is 0.801. The summed E-state index contributed by atoms with van der Waals surface area (Å²) in [5.74, 6) is 0. The van der Waals surface area contributed by atoms with Crippen LogP contribution in [0.5, 0.6) is 0 Å². The maximum Gasteiger partial charge on any atom is 0.423 e. The Morgan fingerprint density at radius 1 is 1.46 bits per heavy atom. The minimum atomic E-state index is -4.75. The molecule has 4 nitrogen and oxygen atoms in total. The predicted molar refractivity (Wildman–Crippen MR) is 86.2 cm³/mol. The second-order valence-corrected chi connectivity index (χ2v) is 6.33. The van der Waals surface area contributed by atoms with Crippen LogP contribution >= 0.6 is 11.6 Å². The number of hydrogen-bond donors (Lipinski definition) is 1. The number of alkyl halides is 3. The van der Waals surface area contributed by atoms with Gasteiger partial charge >= 0.3 is 12.2 Å². The molecule has 0 radical (unpaired) electrons. The first kappa shape index (κ1) is 18.6. The van der Waals surface area contributed by atoms with E-state index < -0.39 is 24.4 Å². The summed E-state index contributed by atoms with van der Waals surface area (Å²) in [5.41, 5.74) is -2.02. The van der Waals surface area contributed by atoms with Gasteiger partial charge in [-0.3, -0.25) is 0 Å². The van der Waals surface area contributed by atoms with Crippen LogP contribution in [0.2, 0.25) is 5.02 Å². The van der Waals surface area contributed by atoms with E-state index in [0.29, 0.717) is 0 Å². The van der Waals surface area contributed by atoms with Crippen molar-refractivity contribution in [2.24, 2.45) is 0 Å². The van der Waals surface area contributed by atoms with Gasteiger partial charge in [-0.1, -0.05) is 23.3 Å². The standard InChI is InChI=1S/C16H18ClF3N2O2/c1-10(2)6-7-24-15(16(18,19)20)9-22(3)14(23)21-13-5-4-11(17)8-12(13)15/h4-6,8H,7,9H2,1-3H3,(H,21,23)/t15-/m0/s1. The van der Waals surface area contributed by atoms with E-state index in [0.717, 1.165) is 10.5 Å². The van der Waals surface area contributed by atoms with Crippen LogP contribution in [0.15, 0.2) is 29.8 Å². The number of carbonyl (C=O) groups is 1. The van der Waals surface area contributed by atoms with Crippen molar-refractivity contribution in [3.05, 3.63) is 40.4 Å². The van der Waals surface area contributed by atoms with Crippen molar-refractivity contribution in [2.75, 3.05) is 25.5 Å². The Morgan fingerprint density at radius 2 is 2.12 bits per heavy atom. The molecule has 1 atom stereocenters. The van der Waals surface area contributed by atoms with Crippen molar-refractivity contribution in [1.82, 2.24) is 4.90 Å². The minimum absolute atomic E-state index is 0.0308. The Balaban J connectivity index is 2.64. The zero-order chi connectivity index (χ0) is 18.1. The fraction of sp³-hybridized carbons (Fsp3) is 0.438. The van der Waals surface area contributed by atoms with Crippen LogP contribution in [0.25, 0.3) is 0 Å². The number of hydrogen-bond acceptors (Lipinski definition) is 2. The molecule has 0 aliphatic carbocycles. The number of fused-ring (bicyclic) bond motifs is 1. The van der Waals surface area contributed by atoms with Crippen molar-refractivity contribution in [2.45, 2.75) is 25.6 Å². The molecule has 0 spiro atoms. The molecule has 1 N–H and O–H groups in total. The van der Waals surface area contributed by atoms with Crippen LogP contribution in [0, 0.1) is 0 Å². The van der Waals surface area contributed by atoms with Gasteiger partial charge in [0.2, 0.25) is 5.60 Å². The highest BCUT2D eigenvalue weighted by Crippen LogP contribution is 2.47. The van der Waals surface area contributed by atoms with Gasteiger partial charge in [-0.2, -0.15) is 13.2 Å². The Morgan fingerprint density at radius 3 is 2.71 bits per heavy atom. The summed E-state index contributed by atoms with van der Waals surface area (Å²) in [5, 5.41) is 2.59. The molecule has 2 rings (SSSR count). The predicted octanol–water partition coefficient (Wildman–Crippen LogP) is 4.56. The van der Waals surface area contributed by atoms with E-state index >= 15 is 0 Å². The number of allylic oxidation sites excluding steroid dienone is 1. The highest BCUT2D eigenvalue weighted by Gasteiger charge is 2.60. The van der Waals surface area contributed by atoms with Gasteiger partial charge in [0.25, 0.3) is 0 Å². The van der Waals surface area contributed by atoms with E-state index in [1.807, 2.05) is 0 Å². The van der Waals surface area contributed by atoms with Crippen molar-refractivity contribution >= 4 is 23.3 Å². The Bertz CT molecular complexity index is 672. The van der Waals surface area contributed by atoms with Crippen molar-refractivity contribution < 1.29 is 22.7 Å². The minimum Gasteiger partial charge on any atom is -0.355 e. The lowest BCUT2D eigenvalue weighted by Gasteiger charge is -2.37. The number of likely N-dealkylation sites (N-methyl/N-ethyl adjacent to an activating group) is 1. The Hall–Kier alpha value is -1.73. The third-order valence-corrected chi connectivity index (χ3v) is 3.98. The van der Waals surface area contributed by atoms with E-state index in [4.69, 9.17) is 16.3 Å². The number of urea groups is 1. The molecule has 1 heterocycles. The number of amides is 2. The monoisotopic (exact) mass is 362 g/mol. The van der Waals surface area contributed by atoms with E-state index in [-0.39, 0.29) is 22.9 Å². The number of nitrogens with zero attached hydrogens (tertiary/aromatic N) is 1. The fourth-order valence-corrected chi connectivity index (χ4v) is 2.63. The number of benzene rings is 1. The molecule has 8 heteroatoms. The molecule has 1 aliphatic heterocycles. The first-order valence-electron chi connectivity index (χ1n) is 7.23. The Labute approximate surface area is 143 Å². The molecule has 1 aromatic carbocycles. The van der Waals surface area contributed by atoms with Crippen molar-refractivity contribution in [3.63, 3.8) is 0 Å². The summed E-state index contributed by atoms with van der Waals surface area (Å²) in [6.07, 6.45) is -3.19. The molecule has 1 aromatic rings. The number of nitrogens with one attached hydrogen (secondary N) is 1. The molecule has 0 saturated carbocycles. The second-order valence-electron chi connectivity index (χ2n) is 5.89. The maximum absolute atomic E-state index is 14.1. The highest BCUT2D eigenvalue weighted by atomic mass is 35.5. The summed E-state index contributed by atoms with van der Waals surface area (Å²) in [6, 6.07) is 3.31. The normalized spacial score (nSPS) is 21.0. The van der Waals surface area contributed by atoms with Gasteiger partial charge in [-0.25, -0.2) is 4.79 Å². The average Bonchev–Trinajstić information content (AvgIpc) is 2.55. The van der Waals surface area contributed by atoms with Crippen molar-refractivity contribution in [1.29, 1.82) is 0 Å². The molecule has 0 bridgehead atoms. The lowest BCUT2D eigenvalue weighted by Crippen LogP contribution is -2.52. The third kappa shape index (κ3) is 3.52. The largest absolute Gasteiger partial charge is 0.423 e. The summed E-state index contributed by atoms with van der Waals surface area (Å²) in [4.78, 5) is 13.0. The average molecular weight is 363 g/mol. The summed E-state index contributed by atoms with van der Waals surface area (Å²) >= 11 is 5.90. The first-order valence-corrected chi connectivity index (χ1v) is 7.61. The number of rotatable bonds is 3. The van der Waals surface area contributed by atoms with Gasteiger partial charge in [0.15, 0.2) is 0 Å². The van der Waals surface area contributed by atoms with Crippen LogP contribution in [0.3, 0.4) is 0 Å². The fourth-order valence-electron chi connectivity index (χ4n) is 2.46. The molecule has 2 amide bonds. The molecule has 24 heavy (non-hydrogen) atoms. The van der Waals surface area contributed by atoms with E-state index in [1.54, 1.807) is 19.9 Å². The molecule has 0 aromatic heterocycles. The highest BCUT2D eigenvalue weighted by molar-refractivity contribution is 6.30. The molecule has 0 unspecified atom stereocenters. The zero-order valence-electron chi connectivity index (χ0n) is 13.5. The lowest BCUT2D eigenvalue weighted by molar-refractivity contribution is -0.283. The number of halogens is 4. The van der Waals surface area contributed by atoms with Crippen molar-refractivity contribution in [3.8, 4) is 0 Å². The number of ether oxygens (including phenoxy) is 1. The zero-order valence-corrected chi connectivity index (χ0v) is 14.3. The maximum atomic E-state index is 14.1. The molecular formula is C16H18ClF3N2O2. The first-order chi connectivity index (χ1) is 11.1. The number of anilines is 1. The smallest absolute Gasteiger partial charge is 0.355 e. The van der Waals surface area contributed by atoms with Gasteiger partial charge < -0.3 is 15.0 Å². The summed E-state index contributed by atoms with van der Waals surface area (Å²) < 4.78 is 47.5. The molecule has 0 fully saturated rings. The third-order valence-electron chi connectivity index (χ3n) is 3.74. The molecule has 0 saturated heterocycles. The van der Waals surface area contributed by atoms with E-state index in [2.05, 4.69) is 5.32 Å². The van der Waals surface area contributed by atoms with E-state index in [9.17, 15) is 18.0 Å². The Kier molecular flexibility index (Phi) is 5.15.